The molecule has 1 aliphatic rings. The first-order valence-corrected chi connectivity index (χ1v) is 11.3. The molecule has 0 spiro atoms. The quantitative estimate of drug-likeness (QED) is 0.562. The fraction of sp³-hybridized carbons (Fsp3) is 0.429. The number of nitrogens with zero attached hydrogens (tertiary/aromatic N) is 1. The summed E-state index contributed by atoms with van der Waals surface area (Å²) in [5.41, 5.74) is 4.83. The van der Waals surface area contributed by atoms with Crippen LogP contribution in [0, 0.1) is 12.3 Å². The predicted octanol–water partition coefficient (Wildman–Crippen LogP) is 6.24. The van der Waals surface area contributed by atoms with Gasteiger partial charge in [-0.2, -0.15) is 0 Å². The number of carbonyl (C=O) groups excluding carboxylic acids is 1. The molecule has 0 atom stereocenters. The van der Waals surface area contributed by atoms with Gasteiger partial charge in [0.15, 0.2) is 5.78 Å². The Kier molecular flexibility index (Phi) is 6.37. The van der Waals surface area contributed by atoms with Crippen molar-refractivity contribution in [3.05, 3.63) is 69.8 Å². The second kappa shape index (κ2) is 8.57. The topological polar surface area (TPSA) is 64.4 Å². The zero-order valence-corrected chi connectivity index (χ0v) is 20.5. The molecule has 1 fully saturated rings. The third-order valence-electron chi connectivity index (χ3n) is 6.07. The van der Waals surface area contributed by atoms with Gasteiger partial charge in [0, 0.05) is 23.2 Å². The van der Waals surface area contributed by atoms with Crippen LogP contribution in [-0.4, -0.2) is 34.7 Å². The third-order valence-corrected chi connectivity index (χ3v) is 6.07. The van der Waals surface area contributed by atoms with E-state index >= 15 is 0 Å². The number of phenols is 1. The molecule has 2 aromatic rings. The highest BCUT2D eigenvalue weighted by atomic mass is 16.3. The van der Waals surface area contributed by atoms with E-state index in [1.807, 2.05) is 64.7 Å². The number of phenolic OH excluding ortho intramolecular Hbond substituents is 1. The Bertz CT molecular complexity index is 1030. The average molecular weight is 433 g/mol. The van der Waals surface area contributed by atoms with Crippen molar-refractivity contribution in [1.82, 2.24) is 4.90 Å². The third kappa shape index (κ3) is 5.12. The maximum absolute atomic E-state index is 13.3. The number of ketones is 1. The van der Waals surface area contributed by atoms with Crippen LogP contribution >= 0.6 is 0 Å². The van der Waals surface area contributed by atoms with Crippen LogP contribution in [0.5, 0.6) is 5.75 Å². The van der Waals surface area contributed by atoms with Crippen LogP contribution in [0.1, 0.15) is 80.6 Å². The number of nitrogens with one attached hydrogen (secondary N) is 1. The zero-order chi connectivity index (χ0) is 23.8. The van der Waals surface area contributed by atoms with Crippen LogP contribution in [0.3, 0.4) is 0 Å². The molecule has 0 radical (unpaired) electrons. The molecule has 0 bridgehead atoms. The average Bonchev–Trinajstić information content (AvgIpc) is 3.01. The van der Waals surface area contributed by atoms with Gasteiger partial charge >= 0.3 is 0 Å². The van der Waals surface area contributed by atoms with Gasteiger partial charge < -0.3 is 10.0 Å². The first-order chi connectivity index (χ1) is 14.8. The number of aryl methyl sites for hydroxylation is 1. The molecule has 170 valence electrons. The fourth-order valence-electron chi connectivity index (χ4n) is 4.05. The lowest BCUT2D eigenvalue weighted by molar-refractivity contribution is 0.0965. The highest BCUT2D eigenvalue weighted by molar-refractivity contribution is 6.06. The summed E-state index contributed by atoms with van der Waals surface area (Å²) in [6.07, 6.45) is 2.80. The minimum absolute atomic E-state index is 0.0256. The van der Waals surface area contributed by atoms with E-state index in [0.717, 1.165) is 28.7 Å². The Morgan fingerprint density at radius 3 is 2.06 bits per heavy atom. The van der Waals surface area contributed by atoms with E-state index in [0.29, 0.717) is 17.9 Å². The van der Waals surface area contributed by atoms with E-state index in [1.165, 1.54) is 5.56 Å². The second-order valence-corrected chi connectivity index (χ2v) is 10.9. The van der Waals surface area contributed by atoms with Gasteiger partial charge in [-0.05, 0) is 53.5 Å². The number of likely N-dealkylation sites (tertiary alicyclic amines) is 1. The molecule has 3 rings (SSSR count). The Morgan fingerprint density at radius 1 is 1.03 bits per heavy atom. The van der Waals surface area contributed by atoms with Gasteiger partial charge in [0.05, 0.1) is 6.54 Å². The second-order valence-electron chi connectivity index (χ2n) is 10.9. The van der Waals surface area contributed by atoms with Crippen molar-refractivity contribution in [2.45, 2.75) is 65.7 Å². The molecule has 1 saturated heterocycles. The van der Waals surface area contributed by atoms with E-state index in [4.69, 9.17) is 5.41 Å². The van der Waals surface area contributed by atoms with Gasteiger partial charge in [-0.3, -0.25) is 10.2 Å². The van der Waals surface area contributed by atoms with Crippen molar-refractivity contribution in [3.63, 3.8) is 0 Å². The van der Waals surface area contributed by atoms with Crippen molar-refractivity contribution < 1.29 is 9.90 Å². The molecule has 0 aliphatic carbocycles. The maximum Gasteiger partial charge on any atom is 0.182 e. The lowest BCUT2D eigenvalue weighted by Gasteiger charge is -2.28. The fourth-order valence-corrected chi connectivity index (χ4v) is 4.05. The molecule has 4 nitrogen and oxygen atoms in total. The van der Waals surface area contributed by atoms with Gasteiger partial charge in [-0.15, -0.1) is 0 Å². The zero-order valence-electron chi connectivity index (χ0n) is 20.5. The highest BCUT2D eigenvalue weighted by Gasteiger charge is 2.29. The summed E-state index contributed by atoms with van der Waals surface area (Å²) >= 11 is 0. The van der Waals surface area contributed by atoms with Crippen LogP contribution in [0.15, 0.2) is 42.0 Å². The van der Waals surface area contributed by atoms with Crippen molar-refractivity contribution in [1.29, 1.82) is 5.41 Å². The minimum atomic E-state index is -0.287. The molecule has 0 unspecified atom stereocenters. The largest absolute Gasteiger partial charge is 0.507 e. The number of amidine groups is 1. The summed E-state index contributed by atoms with van der Waals surface area (Å²) in [6.45, 7) is 15.1. The molecule has 0 aromatic heterocycles. The molecule has 2 N–H and O–H groups in total. The molecular weight excluding hydrogens is 396 g/mol. The normalized spacial score (nSPS) is 16.2. The monoisotopic (exact) mass is 432 g/mol. The number of Topliss-reactive ketones (excluding diaryl/α,β-unsaturated/α-hetero) is 1. The lowest BCUT2D eigenvalue weighted by atomic mass is 9.78. The molecule has 32 heavy (non-hydrogen) atoms. The van der Waals surface area contributed by atoms with E-state index < -0.39 is 0 Å². The van der Waals surface area contributed by atoms with Crippen molar-refractivity contribution >= 4 is 17.7 Å². The number of hydrogen-bond acceptors (Lipinski definition) is 3. The van der Waals surface area contributed by atoms with E-state index in [2.05, 4.69) is 31.2 Å². The van der Waals surface area contributed by atoms with Crippen molar-refractivity contribution in [2.24, 2.45) is 0 Å². The molecule has 0 amide bonds. The van der Waals surface area contributed by atoms with Crippen molar-refractivity contribution in [2.75, 3.05) is 13.1 Å². The number of carbonyl (C=O) groups is 1. The smallest absolute Gasteiger partial charge is 0.182 e. The van der Waals surface area contributed by atoms with Crippen molar-refractivity contribution in [3.8, 4) is 5.75 Å². The Labute approximate surface area is 192 Å². The standard InChI is InChI=1S/C28H36N2O2/c1-18-8-10-19(11-9-18)14-20-12-13-30(26(20)29)17-24(31)21-15-22(27(2,3)4)25(32)23(16-21)28(5,6)7/h8-11,14-16,29,32H,12-13,17H2,1-7H3/b20-14+,29-26?. The summed E-state index contributed by atoms with van der Waals surface area (Å²) in [7, 11) is 0. The van der Waals surface area contributed by atoms with E-state index in [9.17, 15) is 9.90 Å². The van der Waals surface area contributed by atoms with Crippen LogP contribution in [0.25, 0.3) is 6.08 Å². The van der Waals surface area contributed by atoms with Gasteiger partial charge in [-0.25, -0.2) is 0 Å². The van der Waals surface area contributed by atoms with Crippen LogP contribution < -0.4 is 0 Å². The Hall–Kier alpha value is -2.88. The first-order valence-electron chi connectivity index (χ1n) is 11.3. The van der Waals surface area contributed by atoms with Gasteiger partial charge in [-0.1, -0.05) is 71.4 Å². The Balaban J connectivity index is 1.86. The van der Waals surface area contributed by atoms with E-state index in [-0.39, 0.29) is 28.9 Å². The van der Waals surface area contributed by atoms with Gasteiger partial charge in [0.1, 0.15) is 11.6 Å². The predicted molar refractivity (Wildman–Crippen MR) is 133 cm³/mol. The van der Waals surface area contributed by atoms with Gasteiger partial charge in [0.25, 0.3) is 0 Å². The maximum atomic E-state index is 13.3. The number of aromatic hydroxyl groups is 1. The number of benzene rings is 2. The van der Waals surface area contributed by atoms with E-state index in [1.54, 1.807) is 0 Å². The Morgan fingerprint density at radius 2 is 1.56 bits per heavy atom. The first kappa shape index (κ1) is 23.8. The summed E-state index contributed by atoms with van der Waals surface area (Å²) < 4.78 is 0. The highest BCUT2D eigenvalue weighted by Crippen LogP contribution is 2.40. The minimum Gasteiger partial charge on any atom is -0.507 e. The lowest BCUT2D eigenvalue weighted by Crippen LogP contribution is -2.31. The number of rotatable bonds is 4. The summed E-state index contributed by atoms with van der Waals surface area (Å²) in [6, 6.07) is 11.9. The molecule has 2 aromatic carbocycles. The molecule has 4 heteroatoms. The van der Waals surface area contributed by atoms with Crippen LogP contribution in [-0.2, 0) is 10.8 Å². The summed E-state index contributed by atoms with van der Waals surface area (Å²) in [5, 5.41) is 19.5. The summed E-state index contributed by atoms with van der Waals surface area (Å²) in [5.74, 6) is 0.672. The SMILES string of the molecule is Cc1ccc(/C=C2\CCN(CC(=O)c3cc(C(C)(C)C)c(O)c(C(C)(C)C)c3)C2=N)cc1. The molecular formula is C28H36N2O2. The van der Waals surface area contributed by atoms with Crippen LogP contribution in [0.2, 0.25) is 0 Å². The molecule has 1 heterocycles. The molecule has 0 saturated carbocycles. The van der Waals surface area contributed by atoms with Crippen LogP contribution in [0.4, 0.5) is 0 Å². The number of hydrogen-bond donors (Lipinski definition) is 2. The van der Waals surface area contributed by atoms with Gasteiger partial charge in [0.2, 0.25) is 0 Å². The molecule has 1 aliphatic heterocycles. The summed E-state index contributed by atoms with van der Waals surface area (Å²) in [4.78, 5) is 15.1.